The number of ketones is 1. The van der Waals surface area contributed by atoms with Crippen LogP contribution in [0.4, 0.5) is 0 Å². The van der Waals surface area contributed by atoms with Crippen molar-refractivity contribution < 1.29 is 15.0 Å². The highest BCUT2D eigenvalue weighted by Gasteiger charge is 2.23. The average Bonchev–Trinajstić information content (AvgIpc) is 2.74. The summed E-state index contributed by atoms with van der Waals surface area (Å²) < 4.78 is 0. The Labute approximate surface area is 119 Å². The molecule has 1 aliphatic heterocycles. The molecule has 20 heavy (non-hydrogen) atoms. The van der Waals surface area contributed by atoms with Crippen LogP contribution in [0.5, 0.6) is 11.5 Å². The first-order valence-electron chi connectivity index (χ1n) is 6.91. The molecule has 1 aliphatic rings. The summed E-state index contributed by atoms with van der Waals surface area (Å²) in [4.78, 5) is 16.5. The zero-order valence-electron chi connectivity index (χ0n) is 12.0. The molecule has 0 bridgehead atoms. The summed E-state index contributed by atoms with van der Waals surface area (Å²) in [5, 5.41) is 18.9. The first-order valence-corrected chi connectivity index (χ1v) is 6.91. The number of phenols is 2. The second kappa shape index (κ2) is 6.24. The number of benzene rings is 1. The number of nitrogens with zero attached hydrogens (tertiary/aromatic N) is 2. The van der Waals surface area contributed by atoms with E-state index in [9.17, 15) is 15.0 Å². The minimum atomic E-state index is -0.165. The standard InChI is InChI=1S/C15H22N2O3/c1-16(9-11-4-3-7-17(11)2)10-15(20)13-6-5-12(18)8-14(13)19/h5-6,8,11,18-19H,3-4,7,9-10H2,1-2H3. The van der Waals surface area contributed by atoms with Crippen LogP contribution in [0.3, 0.4) is 0 Å². The summed E-state index contributed by atoms with van der Waals surface area (Å²) in [6.07, 6.45) is 2.38. The van der Waals surface area contributed by atoms with Gasteiger partial charge in [0.2, 0.25) is 0 Å². The normalized spacial score (nSPS) is 19.6. The van der Waals surface area contributed by atoms with Crippen molar-refractivity contribution >= 4 is 5.78 Å². The van der Waals surface area contributed by atoms with E-state index in [0.717, 1.165) is 13.1 Å². The smallest absolute Gasteiger partial charge is 0.180 e. The monoisotopic (exact) mass is 278 g/mol. The van der Waals surface area contributed by atoms with Crippen molar-refractivity contribution in [1.82, 2.24) is 9.80 Å². The molecule has 0 aliphatic carbocycles. The summed E-state index contributed by atoms with van der Waals surface area (Å²) >= 11 is 0. The van der Waals surface area contributed by atoms with Crippen molar-refractivity contribution in [2.24, 2.45) is 0 Å². The molecule has 2 N–H and O–H groups in total. The number of rotatable bonds is 5. The highest BCUT2D eigenvalue weighted by molar-refractivity contribution is 6.00. The molecule has 1 heterocycles. The van der Waals surface area contributed by atoms with Gasteiger partial charge in [-0.3, -0.25) is 9.69 Å². The molecule has 0 saturated carbocycles. The van der Waals surface area contributed by atoms with E-state index in [2.05, 4.69) is 11.9 Å². The van der Waals surface area contributed by atoms with Gasteiger partial charge < -0.3 is 15.1 Å². The molecule has 1 saturated heterocycles. The average molecular weight is 278 g/mol. The van der Waals surface area contributed by atoms with Crippen LogP contribution in [-0.4, -0.2) is 65.6 Å². The number of aromatic hydroxyl groups is 2. The maximum atomic E-state index is 12.1. The lowest BCUT2D eigenvalue weighted by Gasteiger charge is -2.25. The fraction of sp³-hybridized carbons (Fsp3) is 0.533. The lowest BCUT2D eigenvalue weighted by molar-refractivity contribution is 0.0929. The van der Waals surface area contributed by atoms with E-state index in [0.29, 0.717) is 6.04 Å². The summed E-state index contributed by atoms with van der Waals surface area (Å²) in [5.41, 5.74) is 0.259. The van der Waals surface area contributed by atoms with Crippen LogP contribution in [0.1, 0.15) is 23.2 Å². The third-order valence-corrected chi connectivity index (χ3v) is 3.89. The molecule has 0 spiro atoms. The van der Waals surface area contributed by atoms with Gasteiger partial charge in [0.1, 0.15) is 11.5 Å². The van der Waals surface area contributed by atoms with Crippen LogP contribution in [0, 0.1) is 0 Å². The number of likely N-dealkylation sites (N-methyl/N-ethyl adjacent to an activating group) is 2. The minimum Gasteiger partial charge on any atom is -0.508 e. The van der Waals surface area contributed by atoms with Gasteiger partial charge in [-0.15, -0.1) is 0 Å². The third kappa shape index (κ3) is 3.49. The number of phenolic OH excluding ortho intramolecular Hbond substituents is 2. The van der Waals surface area contributed by atoms with Gasteiger partial charge >= 0.3 is 0 Å². The van der Waals surface area contributed by atoms with Crippen molar-refractivity contribution in [3.63, 3.8) is 0 Å². The molecule has 1 atom stereocenters. The first-order chi connectivity index (χ1) is 9.47. The number of hydrogen-bond donors (Lipinski definition) is 2. The quantitative estimate of drug-likeness (QED) is 0.795. The van der Waals surface area contributed by atoms with Gasteiger partial charge in [-0.05, 0) is 45.6 Å². The van der Waals surface area contributed by atoms with E-state index in [1.54, 1.807) is 0 Å². The fourth-order valence-electron chi connectivity index (χ4n) is 2.72. The van der Waals surface area contributed by atoms with Crippen molar-refractivity contribution in [1.29, 1.82) is 0 Å². The van der Waals surface area contributed by atoms with Gasteiger partial charge in [0, 0.05) is 18.7 Å². The number of carbonyl (C=O) groups excluding carboxylic acids is 1. The zero-order valence-corrected chi connectivity index (χ0v) is 12.0. The Morgan fingerprint density at radius 3 is 2.80 bits per heavy atom. The topological polar surface area (TPSA) is 64.0 Å². The van der Waals surface area contributed by atoms with Gasteiger partial charge in [0.15, 0.2) is 5.78 Å². The molecule has 0 aromatic heterocycles. The third-order valence-electron chi connectivity index (χ3n) is 3.89. The maximum Gasteiger partial charge on any atom is 0.180 e. The van der Waals surface area contributed by atoms with Gasteiger partial charge in [0.25, 0.3) is 0 Å². The largest absolute Gasteiger partial charge is 0.508 e. The lowest BCUT2D eigenvalue weighted by atomic mass is 10.1. The maximum absolute atomic E-state index is 12.1. The molecule has 1 aromatic carbocycles. The van der Waals surface area contributed by atoms with E-state index in [1.165, 1.54) is 31.0 Å². The second-order valence-electron chi connectivity index (χ2n) is 5.60. The molecule has 1 unspecified atom stereocenters. The van der Waals surface area contributed by atoms with Crippen LogP contribution < -0.4 is 0 Å². The predicted octanol–water partition coefficient (Wildman–Crippen LogP) is 1.31. The van der Waals surface area contributed by atoms with E-state index >= 15 is 0 Å². The first kappa shape index (κ1) is 14.8. The molecule has 110 valence electrons. The Hall–Kier alpha value is -1.59. The summed E-state index contributed by atoms with van der Waals surface area (Å²) in [6.45, 7) is 2.23. The predicted molar refractivity (Wildman–Crippen MR) is 77.3 cm³/mol. The molecule has 0 radical (unpaired) electrons. The summed E-state index contributed by atoms with van der Waals surface area (Å²) in [5.74, 6) is -0.341. The second-order valence-corrected chi connectivity index (χ2v) is 5.60. The van der Waals surface area contributed by atoms with Gasteiger partial charge in [-0.25, -0.2) is 0 Å². The van der Waals surface area contributed by atoms with Crippen molar-refractivity contribution in [3.05, 3.63) is 23.8 Å². The van der Waals surface area contributed by atoms with E-state index in [4.69, 9.17) is 0 Å². The summed E-state index contributed by atoms with van der Waals surface area (Å²) in [6, 6.07) is 4.57. The van der Waals surface area contributed by atoms with Crippen LogP contribution in [0.25, 0.3) is 0 Å². The molecular weight excluding hydrogens is 256 g/mol. The van der Waals surface area contributed by atoms with Crippen LogP contribution in [-0.2, 0) is 0 Å². The molecule has 2 rings (SSSR count). The minimum absolute atomic E-state index is 0.0417. The molecule has 5 nitrogen and oxygen atoms in total. The van der Waals surface area contributed by atoms with Crippen LogP contribution in [0.2, 0.25) is 0 Å². The molecule has 0 amide bonds. The van der Waals surface area contributed by atoms with Crippen molar-refractivity contribution in [2.75, 3.05) is 33.7 Å². The number of Topliss-reactive ketones (excluding diaryl/α,β-unsaturated/α-hetero) is 1. The van der Waals surface area contributed by atoms with E-state index in [-0.39, 0.29) is 29.4 Å². The number of likely N-dealkylation sites (tertiary alicyclic amines) is 1. The van der Waals surface area contributed by atoms with E-state index in [1.807, 2.05) is 11.9 Å². The van der Waals surface area contributed by atoms with Gasteiger partial charge in [0.05, 0.1) is 12.1 Å². The number of carbonyl (C=O) groups is 1. The summed E-state index contributed by atoms with van der Waals surface area (Å²) in [7, 11) is 4.03. The van der Waals surface area contributed by atoms with Gasteiger partial charge in [-0.2, -0.15) is 0 Å². The van der Waals surface area contributed by atoms with Crippen molar-refractivity contribution in [2.45, 2.75) is 18.9 Å². The Balaban J connectivity index is 1.93. The Bertz CT molecular complexity index is 490. The van der Waals surface area contributed by atoms with Crippen molar-refractivity contribution in [3.8, 4) is 11.5 Å². The Morgan fingerprint density at radius 1 is 1.45 bits per heavy atom. The molecule has 1 aromatic rings. The van der Waals surface area contributed by atoms with Gasteiger partial charge in [-0.1, -0.05) is 0 Å². The number of hydrogen-bond acceptors (Lipinski definition) is 5. The SMILES string of the molecule is CN(CC(=O)c1ccc(O)cc1O)CC1CCCN1C. The Kier molecular flexibility index (Phi) is 4.62. The fourth-order valence-corrected chi connectivity index (χ4v) is 2.72. The molecule has 5 heteroatoms. The Morgan fingerprint density at radius 2 is 2.20 bits per heavy atom. The van der Waals surface area contributed by atoms with E-state index < -0.39 is 0 Å². The molecule has 1 fully saturated rings. The van der Waals surface area contributed by atoms with Crippen LogP contribution in [0.15, 0.2) is 18.2 Å². The highest BCUT2D eigenvalue weighted by Crippen LogP contribution is 2.23. The van der Waals surface area contributed by atoms with Crippen LogP contribution >= 0.6 is 0 Å². The highest BCUT2D eigenvalue weighted by atomic mass is 16.3. The molecular formula is C15H22N2O3. The zero-order chi connectivity index (χ0) is 14.7. The lowest BCUT2D eigenvalue weighted by Crippen LogP contribution is -2.38.